The Labute approximate surface area is 133 Å². The Bertz CT molecular complexity index is 471. The van der Waals surface area contributed by atoms with Gasteiger partial charge in [-0.3, -0.25) is 0 Å². The molecule has 0 saturated carbocycles. The number of carbonyl (C=O) groups excluding carboxylic acids is 1. The molecule has 124 valence electrons. The van der Waals surface area contributed by atoms with E-state index in [0.717, 1.165) is 10.8 Å². The molecule has 0 aromatic heterocycles. The predicted octanol–water partition coefficient (Wildman–Crippen LogP) is 1.80. The molecule has 0 spiro atoms. The zero-order chi connectivity index (χ0) is 16.8. The van der Waals surface area contributed by atoms with Gasteiger partial charge in [-0.05, 0) is 26.3 Å². The highest BCUT2D eigenvalue weighted by Gasteiger charge is 2.40. The third-order valence-electron chi connectivity index (χ3n) is 2.95. The molecule has 22 heavy (non-hydrogen) atoms. The first kappa shape index (κ1) is 18.6. The lowest BCUT2D eigenvalue weighted by molar-refractivity contribution is 0.0523. The average Bonchev–Trinajstić information content (AvgIpc) is 2.47. The SMILES string of the molecule is CO[Si](OC)(OC)c1ccc(CNC(=O)OC(C)(C)C)cc1. The Balaban J connectivity index is 2.68. The third-order valence-corrected chi connectivity index (χ3v) is 5.60. The fourth-order valence-electron chi connectivity index (χ4n) is 1.92. The topological polar surface area (TPSA) is 66.0 Å². The minimum atomic E-state index is -2.80. The van der Waals surface area contributed by atoms with Crippen LogP contribution in [-0.2, 0) is 24.6 Å². The van der Waals surface area contributed by atoms with Crippen molar-refractivity contribution in [3.05, 3.63) is 29.8 Å². The fourth-order valence-corrected chi connectivity index (χ4v) is 3.70. The van der Waals surface area contributed by atoms with Gasteiger partial charge >= 0.3 is 14.9 Å². The van der Waals surface area contributed by atoms with Crippen molar-refractivity contribution in [3.63, 3.8) is 0 Å². The fraction of sp³-hybridized carbons (Fsp3) is 0.533. The van der Waals surface area contributed by atoms with Gasteiger partial charge in [-0.15, -0.1) is 0 Å². The van der Waals surface area contributed by atoms with E-state index in [2.05, 4.69) is 5.32 Å². The summed E-state index contributed by atoms with van der Waals surface area (Å²) in [6.45, 7) is 5.86. The molecule has 7 heteroatoms. The molecule has 0 saturated heterocycles. The number of rotatable bonds is 6. The van der Waals surface area contributed by atoms with Crippen LogP contribution in [0, 0.1) is 0 Å². The van der Waals surface area contributed by atoms with E-state index in [1.54, 1.807) is 21.3 Å². The van der Waals surface area contributed by atoms with Crippen molar-refractivity contribution in [2.75, 3.05) is 21.3 Å². The third kappa shape index (κ3) is 5.10. The lowest BCUT2D eigenvalue weighted by atomic mass is 10.2. The van der Waals surface area contributed by atoms with Gasteiger partial charge in [0, 0.05) is 33.1 Å². The van der Waals surface area contributed by atoms with Crippen molar-refractivity contribution in [2.45, 2.75) is 32.9 Å². The van der Waals surface area contributed by atoms with Gasteiger partial charge in [0.05, 0.1) is 0 Å². The Morgan fingerprint density at radius 2 is 1.55 bits per heavy atom. The van der Waals surface area contributed by atoms with Crippen molar-refractivity contribution in [2.24, 2.45) is 0 Å². The number of alkyl carbamates (subject to hydrolysis) is 1. The molecule has 1 rings (SSSR count). The molecule has 0 aliphatic carbocycles. The minimum Gasteiger partial charge on any atom is -0.444 e. The van der Waals surface area contributed by atoms with Gasteiger partial charge in [-0.2, -0.15) is 0 Å². The summed E-state index contributed by atoms with van der Waals surface area (Å²) in [5.74, 6) is 0. The Hall–Kier alpha value is -1.41. The number of carbonyl (C=O) groups is 1. The van der Waals surface area contributed by atoms with E-state index >= 15 is 0 Å². The summed E-state index contributed by atoms with van der Waals surface area (Å²) in [5, 5.41) is 3.57. The highest BCUT2D eigenvalue weighted by molar-refractivity contribution is 6.75. The molecular weight excluding hydrogens is 302 g/mol. The van der Waals surface area contributed by atoms with Crippen LogP contribution in [0.5, 0.6) is 0 Å². The van der Waals surface area contributed by atoms with E-state index < -0.39 is 20.5 Å². The van der Waals surface area contributed by atoms with Gasteiger partial charge in [-0.1, -0.05) is 24.3 Å². The van der Waals surface area contributed by atoms with Crippen LogP contribution in [0.15, 0.2) is 24.3 Å². The minimum absolute atomic E-state index is 0.386. The first-order valence-corrected chi connectivity index (χ1v) is 8.70. The monoisotopic (exact) mass is 327 g/mol. The van der Waals surface area contributed by atoms with Crippen molar-refractivity contribution in [3.8, 4) is 0 Å². The molecule has 0 unspecified atom stereocenters. The van der Waals surface area contributed by atoms with Crippen LogP contribution in [0.2, 0.25) is 0 Å². The number of hydrogen-bond acceptors (Lipinski definition) is 5. The molecule has 0 aliphatic rings. The summed E-state index contributed by atoms with van der Waals surface area (Å²) in [6.07, 6.45) is -0.439. The molecule has 1 aromatic rings. The highest BCUT2D eigenvalue weighted by Crippen LogP contribution is 2.09. The van der Waals surface area contributed by atoms with Crippen molar-refractivity contribution in [1.82, 2.24) is 5.32 Å². The first-order chi connectivity index (χ1) is 10.3. The summed E-state index contributed by atoms with van der Waals surface area (Å²) < 4.78 is 21.4. The summed E-state index contributed by atoms with van der Waals surface area (Å²) in [6, 6.07) is 7.56. The molecule has 1 amide bonds. The van der Waals surface area contributed by atoms with Gasteiger partial charge in [0.15, 0.2) is 0 Å². The van der Waals surface area contributed by atoms with Crippen LogP contribution in [-0.4, -0.2) is 41.8 Å². The van der Waals surface area contributed by atoms with Gasteiger partial charge in [0.1, 0.15) is 5.60 Å². The molecule has 0 fully saturated rings. The second-order valence-electron chi connectivity index (χ2n) is 5.72. The molecular formula is C15H25NO5Si. The predicted molar refractivity (Wildman–Crippen MR) is 85.9 cm³/mol. The van der Waals surface area contributed by atoms with Gasteiger partial charge in [-0.25, -0.2) is 4.79 Å². The molecule has 0 atom stereocenters. The molecule has 0 radical (unpaired) electrons. The van der Waals surface area contributed by atoms with Crippen molar-refractivity contribution >= 4 is 20.1 Å². The molecule has 0 bridgehead atoms. The van der Waals surface area contributed by atoms with Crippen LogP contribution in [0.25, 0.3) is 0 Å². The Morgan fingerprint density at radius 3 is 1.95 bits per heavy atom. The molecule has 6 nitrogen and oxygen atoms in total. The quantitative estimate of drug-likeness (QED) is 0.807. The largest absolute Gasteiger partial charge is 0.536 e. The summed E-state index contributed by atoms with van der Waals surface area (Å²) in [5.41, 5.74) is 0.440. The van der Waals surface area contributed by atoms with E-state index in [9.17, 15) is 4.79 Å². The lowest BCUT2D eigenvalue weighted by Gasteiger charge is -2.24. The Morgan fingerprint density at radius 1 is 1.05 bits per heavy atom. The standard InChI is InChI=1S/C15H25NO5Si/c1-15(2,3)21-14(17)16-11-12-7-9-13(10-8-12)22(18-4,19-5)20-6/h7-10H,11H2,1-6H3,(H,16,17). The second-order valence-corrected chi connectivity index (χ2v) is 8.64. The summed E-state index contributed by atoms with van der Waals surface area (Å²) >= 11 is 0. The summed E-state index contributed by atoms with van der Waals surface area (Å²) in [4.78, 5) is 11.6. The van der Waals surface area contributed by atoms with Crippen molar-refractivity contribution in [1.29, 1.82) is 0 Å². The average molecular weight is 327 g/mol. The summed E-state index contributed by atoms with van der Waals surface area (Å²) in [7, 11) is 1.89. The molecule has 0 heterocycles. The first-order valence-electron chi connectivity index (χ1n) is 6.98. The lowest BCUT2D eigenvalue weighted by Crippen LogP contribution is -2.54. The van der Waals surface area contributed by atoms with E-state index in [4.69, 9.17) is 18.0 Å². The van der Waals surface area contributed by atoms with E-state index in [1.165, 1.54) is 0 Å². The highest BCUT2D eigenvalue weighted by atomic mass is 28.4. The van der Waals surface area contributed by atoms with Crippen LogP contribution in [0.4, 0.5) is 4.79 Å². The smallest absolute Gasteiger partial charge is 0.444 e. The Kier molecular flexibility index (Phi) is 6.55. The van der Waals surface area contributed by atoms with Gasteiger partial charge in [0.25, 0.3) is 0 Å². The maximum Gasteiger partial charge on any atom is 0.536 e. The zero-order valence-corrected chi connectivity index (χ0v) is 15.1. The van der Waals surface area contributed by atoms with Crippen molar-refractivity contribution < 1.29 is 22.8 Å². The number of amides is 1. The maximum atomic E-state index is 11.6. The maximum absolute atomic E-state index is 11.6. The van der Waals surface area contributed by atoms with Crippen LogP contribution in [0.1, 0.15) is 26.3 Å². The zero-order valence-electron chi connectivity index (χ0n) is 14.1. The van der Waals surface area contributed by atoms with Gasteiger partial charge < -0.3 is 23.3 Å². The normalized spacial score (nSPS) is 12.1. The number of benzene rings is 1. The van der Waals surface area contributed by atoms with Crippen LogP contribution in [0.3, 0.4) is 0 Å². The second kappa shape index (κ2) is 7.73. The number of ether oxygens (including phenoxy) is 1. The number of nitrogens with one attached hydrogen (secondary N) is 1. The van der Waals surface area contributed by atoms with Gasteiger partial charge in [0.2, 0.25) is 0 Å². The van der Waals surface area contributed by atoms with Crippen LogP contribution >= 0.6 is 0 Å². The molecule has 0 aliphatic heterocycles. The van der Waals surface area contributed by atoms with E-state index in [0.29, 0.717) is 6.54 Å². The van der Waals surface area contributed by atoms with E-state index in [-0.39, 0.29) is 0 Å². The van der Waals surface area contributed by atoms with Crippen LogP contribution < -0.4 is 10.5 Å². The number of hydrogen-bond donors (Lipinski definition) is 1. The molecule has 1 aromatic carbocycles. The van der Waals surface area contributed by atoms with E-state index in [1.807, 2.05) is 45.0 Å². The molecule has 1 N–H and O–H groups in total.